The lowest BCUT2D eigenvalue weighted by Crippen LogP contribution is -2.43. The topological polar surface area (TPSA) is 104 Å². The minimum Gasteiger partial charge on any atom is -0.338 e. The molecule has 0 aliphatic carbocycles. The molecule has 1 aromatic rings. The van der Waals surface area contributed by atoms with Crippen LogP contribution < -0.4 is 16.0 Å². The maximum atomic E-state index is 11.9. The molecule has 1 aliphatic rings. The smallest absolute Gasteiger partial charge is 0.315 e. The quantitative estimate of drug-likeness (QED) is 0.711. The summed E-state index contributed by atoms with van der Waals surface area (Å²) in [6.45, 7) is 4.39. The maximum absolute atomic E-state index is 11.9. The van der Waals surface area contributed by atoms with Gasteiger partial charge in [0.2, 0.25) is 5.91 Å². The largest absolute Gasteiger partial charge is 0.338 e. The third kappa shape index (κ3) is 6.38. The summed E-state index contributed by atoms with van der Waals surface area (Å²) in [5, 5.41) is 7.96. The fourth-order valence-corrected chi connectivity index (χ4v) is 4.28. The molecule has 2 rings (SSSR count). The number of hydrogen-bond acceptors (Lipinski definition) is 4. The number of anilines is 1. The zero-order valence-electron chi connectivity index (χ0n) is 14.5. The Hall–Kier alpha value is -2.09. The summed E-state index contributed by atoms with van der Waals surface area (Å²) in [4.78, 5) is 23.6. The lowest BCUT2D eigenvalue weighted by Gasteiger charge is -2.12. The number of sulfone groups is 1. The van der Waals surface area contributed by atoms with Gasteiger partial charge in [0.25, 0.3) is 0 Å². The Morgan fingerprint density at radius 2 is 1.88 bits per heavy atom. The van der Waals surface area contributed by atoms with Crippen LogP contribution in [0.5, 0.6) is 0 Å². The minimum atomic E-state index is -3.02. The van der Waals surface area contributed by atoms with Crippen LogP contribution in [0.2, 0.25) is 0 Å². The molecule has 1 fully saturated rings. The van der Waals surface area contributed by atoms with Crippen molar-refractivity contribution in [1.82, 2.24) is 10.6 Å². The molecule has 138 valence electrons. The molecule has 8 heteroatoms. The van der Waals surface area contributed by atoms with Crippen LogP contribution in [0.25, 0.3) is 0 Å². The summed E-state index contributed by atoms with van der Waals surface area (Å²) in [5.41, 5.74) is 1.92. The molecule has 0 bridgehead atoms. The molecule has 1 saturated heterocycles. The van der Waals surface area contributed by atoms with Gasteiger partial charge in [-0.15, -0.1) is 0 Å². The Bertz CT molecular complexity index is 714. The molecule has 3 amide bonds. The van der Waals surface area contributed by atoms with E-state index >= 15 is 0 Å². The van der Waals surface area contributed by atoms with Crippen molar-refractivity contribution < 1.29 is 18.0 Å². The van der Waals surface area contributed by atoms with E-state index < -0.39 is 15.9 Å². The fraction of sp³-hybridized carbons (Fsp3) is 0.529. The number of nitrogens with one attached hydrogen (secondary N) is 3. The van der Waals surface area contributed by atoms with Crippen molar-refractivity contribution in [1.29, 1.82) is 0 Å². The number of benzene rings is 1. The Morgan fingerprint density at radius 1 is 1.20 bits per heavy atom. The molecule has 1 aliphatic heterocycles. The monoisotopic (exact) mass is 367 g/mol. The van der Waals surface area contributed by atoms with Crippen molar-refractivity contribution in [2.45, 2.75) is 38.6 Å². The van der Waals surface area contributed by atoms with E-state index in [9.17, 15) is 18.0 Å². The van der Waals surface area contributed by atoms with Gasteiger partial charge in [0, 0.05) is 24.7 Å². The van der Waals surface area contributed by atoms with Gasteiger partial charge in [-0.3, -0.25) is 4.79 Å². The fourth-order valence-electron chi connectivity index (χ4n) is 2.61. The third-order valence-corrected chi connectivity index (χ3v) is 5.83. The molecule has 7 nitrogen and oxygen atoms in total. The van der Waals surface area contributed by atoms with Gasteiger partial charge < -0.3 is 16.0 Å². The van der Waals surface area contributed by atoms with Crippen LogP contribution in [0.1, 0.15) is 38.2 Å². The molecule has 3 N–H and O–H groups in total. The number of amides is 3. The first-order valence-electron chi connectivity index (χ1n) is 8.40. The van der Waals surface area contributed by atoms with Gasteiger partial charge in [-0.1, -0.05) is 26.0 Å². The zero-order valence-corrected chi connectivity index (χ0v) is 15.4. The van der Waals surface area contributed by atoms with Crippen molar-refractivity contribution >= 4 is 27.5 Å². The standard InChI is InChI=1S/C17H25N3O4S/c1-12(2)13-3-5-14(6-4-13)19-16(21)7-9-18-17(22)20-15-8-10-25(23,24)11-15/h3-6,12,15H,7-11H2,1-2H3,(H,19,21)(H2,18,20,22)/t15-/m1/s1. The molecule has 1 atom stereocenters. The number of carbonyl (C=O) groups is 2. The molecule has 0 spiro atoms. The summed E-state index contributed by atoms with van der Waals surface area (Å²) in [7, 11) is -3.02. The molecule has 0 aromatic heterocycles. The van der Waals surface area contributed by atoms with E-state index in [4.69, 9.17) is 0 Å². The average Bonchev–Trinajstić information content (AvgIpc) is 2.86. The average molecular weight is 367 g/mol. The van der Waals surface area contributed by atoms with Gasteiger partial charge in [-0.25, -0.2) is 13.2 Å². The van der Waals surface area contributed by atoms with Gasteiger partial charge >= 0.3 is 6.03 Å². The van der Waals surface area contributed by atoms with Gasteiger partial charge in [0.1, 0.15) is 0 Å². The third-order valence-electron chi connectivity index (χ3n) is 4.07. The van der Waals surface area contributed by atoms with Crippen LogP contribution in [0.3, 0.4) is 0 Å². The first kappa shape index (κ1) is 19.2. The minimum absolute atomic E-state index is 0.0206. The van der Waals surface area contributed by atoms with Crippen molar-refractivity contribution in [3.05, 3.63) is 29.8 Å². The van der Waals surface area contributed by atoms with Crippen molar-refractivity contribution in [2.24, 2.45) is 0 Å². The van der Waals surface area contributed by atoms with Gasteiger partial charge in [-0.2, -0.15) is 0 Å². The second kappa shape index (κ2) is 8.33. The van der Waals surface area contributed by atoms with Crippen molar-refractivity contribution in [3.63, 3.8) is 0 Å². The van der Waals surface area contributed by atoms with E-state index in [-0.39, 0.29) is 36.4 Å². The highest BCUT2D eigenvalue weighted by atomic mass is 32.2. The number of hydrogen-bond donors (Lipinski definition) is 3. The second-order valence-corrected chi connectivity index (χ2v) is 8.80. The lowest BCUT2D eigenvalue weighted by molar-refractivity contribution is -0.116. The van der Waals surface area contributed by atoms with Crippen LogP contribution in [-0.4, -0.2) is 44.4 Å². The normalized spacial score (nSPS) is 18.8. The van der Waals surface area contributed by atoms with Crippen molar-refractivity contribution in [3.8, 4) is 0 Å². The van der Waals surface area contributed by atoms with Gasteiger partial charge in [-0.05, 0) is 30.0 Å². The van der Waals surface area contributed by atoms with E-state index in [1.54, 1.807) is 0 Å². The zero-order chi connectivity index (χ0) is 18.4. The molecule has 0 radical (unpaired) electrons. The highest BCUT2D eigenvalue weighted by Gasteiger charge is 2.28. The second-order valence-electron chi connectivity index (χ2n) is 6.58. The van der Waals surface area contributed by atoms with Crippen LogP contribution >= 0.6 is 0 Å². The summed E-state index contributed by atoms with van der Waals surface area (Å²) >= 11 is 0. The van der Waals surface area contributed by atoms with Crippen LogP contribution in [0.15, 0.2) is 24.3 Å². The number of urea groups is 1. The molecular formula is C17H25N3O4S. The molecule has 0 unspecified atom stereocenters. The first-order valence-corrected chi connectivity index (χ1v) is 10.2. The molecular weight excluding hydrogens is 342 g/mol. The number of rotatable bonds is 6. The van der Waals surface area contributed by atoms with E-state index in [1.807, 2.05) is 24.3 Å². The predicted octanol–water partition coefficient (Wildman–Crippen LogP) is 1.62. The highest BCUT2D eigenvalue weighted by molar-refractivity contribution is 7.91. The number of carbonyl (C=O) groups excluding carboxylic acids is 2. The van der Waals surface area contributed by atoms with E-state index in [2.05, 4.69) is 29.8 Å². The van der Waals surface area contributed by atoms with Gasteiger partial charge in [0.15, 0.2) is 9.84 Å². The Kier molecular flexibility index (Phi) is 6.41. The Morgan fingerprint density at radius 3 is 2.44 bits per heavy atom. The van der Waals surface area contributed by atoms with E-state index in [1.165, 1.54) is 5.56 Å². The Labute approximate surface area is 148 Å². The summed E-state index contributed by atoms with van der Waals surface area (Å²) < 4.78 is 22.7. The summed E-state index contributed by atoms with van der Waals surface area (Å²) in [6.07, 6.45) is 0.574. The first-order chi connectivity index (χ1) is 11.7. The molecule has 1 heterocycles. The summed E-state index contributed by atoms with van der Waals surface area (Å²) in [5.74, 6) is 0.326. The van der Waals surface area contributed by atoms with E-state index in [0.717, 1.165) is 5.69 Å². The highest BCUT2D eigenvalue weighted by Crippen LogP contribution is 2.17. The maximum Gasteiger partial charge on any atom is 0.315 e. The van der Waals surface area contributed by atoms with Gasteiger partial charge in [0.05, 0.1) is 11.5 Å². The van der Waals surface area contributed by atoms with E-state index in [0.29, 0.717) is 12.3 Å². The molecule has 0 saturated carbocycles. The summed E-state index contributed by atoms with van der Waals surface area (Å²) in [6, 6.07) is 6.86. The SMILES string of the molecule is CC(C)c1ccc(NC(=O)CCNC(=O)N[C@@H]2CCS(=O)(=O)C2)cc1. The Balaban J connectivity index is 1.67. The molecule has 25 heavy (non-hydrogen) atoms. The molecule has 1 aromatic carbocycles. The van der Waals surface area contributed by atoms with Crippen LogP contribution in [-0.2, 0) is 14.6 Å². The predicted molar refractivity (Wildman–Crippen MR) is 97.4 cm³/mol. The lowest BCUT2D eigenvalue weighted by atomic mass is 10.0. The van der Waals surface area contributed by atoms with Crippen molar-refractivity contribution in [2.75, 3.05) is 23.4 Å². The van der Waals surface area contributed by atoms with Crippen LogP contribution in [0, 0.1) is 0 Å². The van der Waals surface area contributed by atoms with Crippen LogP contribution in [0.4, 0.5) is 10.5 Å².